The van der Waals surface area contributed by atoms with Gasteiger partial charge in [0.1, 0.15) is 22.5 Å². The molecule has 6 rings (SSSR count). The lowest BCUT2D eigenvalue weighted by molar-refractivity contribution is -0.538. The van der Waals surface area contributed by atoms with Gasteiger partial charge in [0.2, 0.25) is 16.7 Å². The van der Waals surface area contributed by atoms with Crippen LogP contribution >= 0.6 is 0 Å². The van der Waals surface area contributed by atoms with E-state index in [-0.39, 0.29) is 5.75 Å². The number of rotatable bonds is 6. The molecule has 0 unspecified atom stereocenters. The molecule has 6 heteroatoms. The number of para-hydroxylation sites is 1. The third kappa shape index (κ3) is 4.20. The van der Waals surface area contributed by atoms with Crippen molar-refractivity contribution < 1.29 is 9.67 Å². The summed E-state index contributed by atoms with van der Waals surface area (Å²) in [4.78, 5) is 7.31. The molecule has 1 heterocycles. The number of nitrogens with zero attached hydrogens (tertiary/aromatic N) is 5. The van der Waals surface area contributed by atoms with Crippen LogP contribution in [0.25, 0.3) is 38.5 Å². The van der Waals surface area contributed by atoms with Crippen molar-refractivity contribution in [3.8, 4) is 11.4 Å². The fourth-order valence-electron chi connectivity index (χ4n) is 4.99. The minimum atomic E-state index is 0.101. The zero-order valence-corrected chi connectivity index (χ0v) is 21.4. The standard InChI is InChI=1S/C32H27N5O/c1-3-36(4-2)25-16-18-28-30(21-25)37(24-11-6-5-7-12-24)29-20-23(15-17-27(29)33-28)34-35-32-26-13-9-8-10-22(26)14-19-31(32)38/h5-21H,3-4H2,1-2H3/p+1. The molecule has 1 N–H and O–H groups in total. The van der Waals surface area contributed by atoms with E-state index >= 15 is 0 Å². The average Bonchev–Trinajstić information content (AvgIpc) is 2.96. The van der Waals surface area contributed by atoms with Gasteiger partial charge in [-0.05, 0) is 49.6 Å². The number of benzene rings is 5. The number of aromatic nitrogens is 2. The quantitative estimate of drug-likeness (QED) is 0.145. The summed E-state index contributed by atoms with van der Waals surface area (Å²) in [5, 5.41) is 21.4. The van der Waals surface area contributed by atoms with Crippen LogP contribution in [0.3, 0.4) is 0 Å². The molecule has 0 atom stereocenters. The van der Waals surface area contributed by atoms with Crippen LogP contribution in [-0.2, 0) is 0 Å². The summed E-state index contributed by atoms with van der Waals surface area (Å²) in [7, 11) is 0. The Bertz CT molecular complexity index is 1810. The first kappa shape index (κ1) is 23.6. The molecular weight excluding hydrogens is 470 g/mol. The maximum Gasteiger partial charge on any atom is 0.239 e. The van der Waals surface area contributed by atoms with E-state index in [0.717, 1.165) is 57.3 Å². The zero-order chi connectivity index (χ0) is 26.1. The monoisotopic (exact) mass is 498 g/mol. The van der Waals surface area contributed by atoms with Gasteiger partial charge in [-0.3, -0.25) is 0 Å². The van der Waals surface area contributed by atoms with E-state index in [2.05, 4.69) is 63.9 Å². The average molecular weight is 499 g/mol. The molecule has 0 aliphatic carbocycles. The highest BCUT2D eigenvalue weighted by Crippen LogP contribution is 2.36. The van der Waals surface area contributed by atoms with E-state index in [1.807, 2.05) is 66.7 Å². The zero-order valence-electron chi connectivity index (χ0n) is 21.4. The number of phenols is 1. The summed E-state index contributed by atoms with van der Waals surface area (Å²) in [6.45, 7) is 6.20. The van der Waals surface area contributed by atoms with Gasteiger partial charge in [0.05, 0.1) is 5.69 Å². The molecule has 5 aromatic carbocycles. The van der Waals surface area contributed by atoms with E-state index in [4.69, 9.17) is 4.98 Å². The lowest BCUT2D eigenvalue weighted by atomic mass is 10.1. The molecular formula is C32H28N5O+. The van der Waals surface area contributed by atoms with E-state index in [1.54, 1.807) is 6.07 Å². The first-order valence-corrected chi connectivity index (χ1v) is 12.9. The normalized spacial score (nSPS) is 11.6. The molecule has 0 aliphatic rings. The van der Waals surface area contributed by atoms with Crippen LogP contribution in [0.4, 0.5) is 17.1 Å². The van der Waals surface area contributed by atoms with Crippen molar-refractivity contribution >= 4 is 49.9 Å². The van der Waals surface area contributed by atoms with Gasteiger partial charge in [0.15, 0.2) is 0 Å². The van der Waals surface area contributed by atoms with Crippen molar-refractivity contribution in [3.05, 3.63) is 103 Å². The summed E-state index contributed by atoms with van der Waals surface area (Å²) in [5.74, 6) is 0.101. The van der Waals surface area contributed by atoms with Gasteiger partial charge in [-0.25, -0.2) is 4.98 Å². The molecule has 186 valence electrons. The van der Waals surface area contributed by atoms with E-state index in [1.165, 1.54) is 0 Å². The van der Waals surface area contributed by atoms with Crippen molar-refractivity contribution in [1.82, 2.24) is 4.98 Å². The lowest BCUT2D eigenvalue weighted by Crippen LogP contribution is -2.33. The maximum absolute atomic E-state index is 10.5. The van der Waals surface area contributed by atoms with Crippen molar-refractivity contribution in [3.63, 3.8) is 0 Å². The largest absolute Gasteiger partial charge is 0.506 e. The molecule has 1 aromatic heterocycles. The van der Waals surface area contributed by atoms with Gasteiger partial charge in [-0.2, -0.15) is 5.11 Å². The Morgan fingerprint density at radius 3 is 2.24 bits per heavy atom. The van der Waals surface area contributed by atoms with Crippen LogP contribution in [0, 0.1) is 0 Å². The van der Waals surface area contributed by atoms with E-state index < -0.39 is 0 Å². The number of phenolic OH excluding ortho intramolecular Hbond substituents is 1. The Hall–Kier alpha value is -4.84. The first-order valence-electron chi connectivity index (χ1n) is 12.9. The maximum atomic E-state index is 10.5. The third-order valence-corrected chi connectivity index (χ3v) is 6.93. The Kier molecular flexibility index (Phi) is 6.14. The molecule has 38 heavy (non-hydrogen) atoms. The number of hydrogen-bond acceptors (Lipinski definition) is 5. The highest BCUT2D eigenvalue weighted by Gasteiger charge is 2.21. The highest BCUT2D eigenvalue weighted by molar-refractivity contribution is 5.95. The van der Waals surface area contributed by atoms with Crippen molar-refractivity contribution in [2.24, 2.45) is 10.2 Å². The second kappa shape index (κ2) is 9.90. The number of aromatic hydroxyl groups is 1. The van der Waals surface area contributed by atoms with Crippen molar-refractivity contribution in [2.75, 3.05) is 18.0 Å². The van der Waals surface area contributed by atoms with Gasteiger partial charge >= 0.3 is 0 Å². The number of fused-ring (bicyclic) bond motifs is 3. The van der Waals surface area contributed by atoms with Crippen LogP contribution in [0.1, 0.15) is 13.8 Å². The van der Waals surface area contributed by atoms with Gasteiger partial charge in [-0.1, -0.05) is 48.5 Å². The topological polar surface area (TPSA) is 65.0 Å². The molecule has 0 spiro atoms. The Morgan fingerprint density at radius 1 is 0.737 bits per heavy atom. The van der Waals surface area contributed by atoms with E-state index in [0.29, 0.717) is 11.4 Å². The summed E-state index contributed by atoms with van der Waals surface area (Å²) >= 11 is 0. The highest BCUT2D eigenvalue weighted by atomic mass is 16.3. The lowest BCUT2D eigenvalue weighted by Gasteiger charge is -2.20. The smallest absolute Gasteiger partial charge is 0.239 e. The van der Waals surface area contributed by atoms with Gasteiger partial charge in [-0.15, -0.1) is 9.68 Å². The fraction of sp³-hybridized carbons (Fsp3) is 0.125. The summed E-state index contributed by atoms with van der Waals surface area (Å²) in [6, 6.07) is 34.0. The fourth-order valence-corrected chi connectivity index (χ4v) is 4.99. The molecule has 0 amide bonds. The first-order chi connectivity index (χ1) is 18.7. The molecule has 0 bridgehead atoms. The van der Waals surface area contributed by atoms with Crippen molar-refractivity contribution in [1.29, 1.82) is 0 Å². The number of azo groups is 1. The SMILES string of the molecule is CCN(CC)c1ccc2nc3ccc(N=Nc4c(O)ccc5ccccc45)cc3[n+](-c3ccccc3)c2c1. The van der Waals surface area contributed by atoms with Crippen LogP contribution in [0.15, 0.2) is 113 Å². The van der Waals surface area contributed by atoms with Crippen LogP contribution < -0.4 is 9.47 Å². The third-order valence-electron chi connectivity index (χ3n) is 6.93. The Labute approximate surface area is 221 Å². The summed E-state index contributed by atoms with van der Waals surface area (Å²) in [5.41, 5.74) is 7.08. The Morgan fingerprint density at radius 2 is 1.45 bits per heavy atom. The second-order valence-corrected chi connectivity index (χ2v) is 9.16. The molecule has 0 fully saturated rings. The van der Waals surface area contributed by atoms with Gasteiger partial charge in [0.25, 0.3) is 0 Å². The number of hydrogen-bond donors (Lipinski definition) is 1. The van der Waals surface area contributed by atoms with Crippen LogP contribution in [0.2, 0.25) is 0 Å². The van der Waals surface area contributed by atoms with Gasteiger partial charge in [0, 0.05) is 48.4 Å². The van der Waals surface area contributed by atoms with Crippen LogP contribution in [0.5, 0.6) is 5.75 Å². The predicted molar refractivity (Wildman–Crippen MR) is 154 cm³/mol. The Balaban J connectivity index is 1.55. The molecule has 0 saturated heterocycles. The van der Waals surface area contributed by atoms with Crippen molar-refractivity contribution in [2.45, 2.75) is 13.8 Å². The second-order valence-electron chi connectivity index (χ2n) is 9.16. The molecule has 0 aliphatic heterocycles. The summed E-state index contributed by atoms with van der Waals surface area (Å²) < 4.78 is 2.24. The minimum Gasteiger partial charge on any atom is -0.506 e. The molecule has 6 aromatic rings. The van der Waals surface area contributed by atoms with Crippen LogP contribution in [-0.4, -0.2) is 23.2 Å². The predicted octanol–water partition coefficient (Wildman–Crippen LogP) is 7.79. The number of anilines is 1. The van der Waals surface area contributed by atoms with Gasteiger partial charge < -0.3 is 10.0 Å². The molecule has 0 radical (unpaired) electrons. The van der Waals surface area contributed by atoms with E-state index in [9.17, 15) is 5.11 Å². The molecule has 0 saturated carbocycles. The summed E-state index contributed by atoms with van der Waals surface area (Å²) in [6.07, 6.45) is 0. The minimum absolute atomic E-state index is 0.101. The molecule has 6 nitrogen and oxygen atoms in total.